The number of pyridine rings is 1. The second-order valence-electron chi connectivity index (χ2n) is 4.89. The van der Waals surface area contributed by atoms with Crippen LogP contribution in [0.3, 0.4) is 0 Å². The van der Waals surface area contributed by atoms with Crippen LogP contribution in [0.4, 0.5) is 0 Å². The Morgan fingerprint density at radius 1 is 1.30 bits per heavy atom. The van der Waals surface area contributed by atoms with Crippen molar-refractivity contribution in [3.63, 3.8) is 0 Å². The summed E-state index contributed by atoms with van der Waals surface area (Å²) in [4.78, 5) is 5.53. The molecule has 0 aliphatic heterocycles. The van der Waals surface area contributed by atoms with Gasteiger partial charge in [0, 0.05) is 17.1 Å². The average Bonchev–Trinajstić information content (AvgIpc) is 2.44. The molecular weight excluding hydrogens is 288 g/mol. The molecule has 0 spiro atoms. The number of aromatic nitrogens is 1. The summed E-state index contributed by atoms with van der Waals surface area (Å²) in [7, 11) is 0. The van der Waals surface area contributed by atoms with Gasteiger partial charge in [0.05, 0.1) is 5.02 Å². The van der Waals surface area contributed by atoms with Crippen LogP contribution in [0.25, 0.3) is 0 Å². The molecule has 2 nitrogen and oxygen atoms in total. The van der Waals surface area contributed by atoms with Gasteiger partial charge < -0.3 is 5.73 Å². The van der Waals surface area contributed by atoms with Gasteiger partial charge in [-0.3, -0.25) is 0 Å². The van der Waals surface area contributed by atoms with Crippen molar-refractivity contribution in [1.82, 2.24) is 4.98 Å². The zero-order chi connectivity index (χ0) is 14.5. The highest BCUT2D eigenvalue weighted by atomic mass is 35.5. The molecule has 1 atom stereocenters. The summed E-state index contributed by atoms with van der Waals surface area (Å²) in [5, 5.41) is 1.62. The van der Waals surface area contributed by atoms with Gasteiger partial charge in [-0.1, -0.05) is 42.4 Å². The number of rotatable bonds is 5. The number of aryl methyl sites for hydroxylation is 1. The third-order valence-electron chi connectivity index (χ3n) is 3.18. The van der Waals surface area contributed by atoms with Gasteiger partial charge in [0.15, 0.2) is 0 Å². The van der Waals surface area contributed by atoms with Crippen LogP contribution in [0.15, 0.2) is 46.5 Å². The second-order valence-corrected chi connectivity index (χ2v) is 6.39. The van der Waals surface area contributed by atoms with Crippen molar-refractivity contribution in [3.8, 4) is 0 Å². The minimum Gasteiger partial charge on any atom is -0.327 e. The maximum absolute atomic E-state index is 6.00. The summed E-state index contributed by atoms with van der Waals surface area (Å²) in [6.45, 7) is 4.24. The van der Waals surface area contributed by atoms with Crippen LogP contribution in [0.2, 0.25) is 5.02 Å². The van der Waals surface area contributed by atoms with Crippen LogP contribution in [0, 0.1) is 6.92 Å². The lowest BCUT2D eigenvalue weighted by atomic mass is 10.0. The summed E-state index contributed by atoms with van der Waals surface area (Å²) in [5.74, 6) is 0. The molecule has 1 aromatic carbocycles. The lowest BCUT2D eigenvalue weighted by Gasteiger charge is -2.11. The summed E-state index contributed by atoms with van der Waals surface area (Å²) in [6, 6.07) is 10.6. The fourth-order valence-corrected chi connectivity index (χ4v) is 2.87. The van der Waals surface area contributed by atoms with E-state index >= 15 is 0 Å². The fraction of sp³-hybridized carbons (Fsp3) is 0.312. The topological polar surface area (TPSA) is 38.9 Å². The van der Waals surface area contributed by atoms with E-state index in [1.54, 1.807) is 18.0 Å². The molecule has 0 bridgehead atoms. The van der Waals surface area contributed by atoms with Gasteiger partial charge in [-0.25, -0.2) is 4.98 Å². The van der Waals surface area contributed by atoms with E-state index in [1.165, 1.54) is 16.0 Å². The van der Waals surface area contributed by atoms with Crippen molar-refractivity contribution in [2.75, 3.05) is 0 Å². The minimum atomic E-state index is 0.242. The monoisotopic (exact) mass is 306 g/mol. The van der Waals surface area contributed by atoms with E-state index < -0.39 is 0 Å². The molecule has 2 rings (SSSR count). The first-order chi connectivity index (χ1) is 9.58. The molecule has 0 saturated carbocycles. The molecule has 0 aliphatic carbocycles. The first kappa shape index (κ1) is 15.4. The normalized spacial score (nSPS) is 12.4. The van der Waals surface area contributed by atoms with Gasteiger partial charge in [-0.15, -0.1) is 0 Å². The smallest absolute Gasteiger partial charge is 0.101 e. The van der Waals surface area contributed by atoms with Crippen LogP contribution in [-0.2, 0) is 6.42 Å². The van der Waals surface area contributed by atoms with Crippen molar-refractivity contribution in [2.24, 2.45) is 5.73 Å². The van der Waals surface area contributed by atoms with Gasteiger partial charge in [-0.2, -0.15) is 0 Å². The summed E-state index contributed by atoms with van der Waals surface area (Å²) >= 11 is 7.50. The molecule has 1 aromatic heterocycles. The first-order valence-corrected chi connectivity index (χ1v) is 7.92. The second kappa shape index (κ2) is 7.11. The number of halogens is 1. The molecule has 4 heteroatoms. The third-order valence-corrected chi connectivity index (χ3v) is 4.53. The predicted octanol–water partition coefficient (Wildman–Crippen LogP) is 4.47. The molecule has 2 aromatic rings. The van der Waals surface area contributed by atoms with Gasteiger partial charge in [-0.05, 0) is 49.1 Å². The highest BCUT2D eigenvalue weighted by Crippen LogP contribution is 2.30. The Kier molecular flexibility index (Phi) is 5.46. The standard InChI is InChI=1S/C16H19ClN2S/c1-3-14(18)9-12-4-6-15(11(2)8-12)20-16-7-5-13(17)10-19-16/h4-8,10,14H,3,9,18H2,1-2H3. The Balaban J connectivity index is 2.11. The number of hydrogen-bond acceptors (Lipinski definition) is 3. The van der Waals surface area contributed by atoms with Crippen LogP contribution in [0.1, 0.15) is 24.5 Å². The molecule has 0 aliphatic rings. The lowest BCUT2D eigenvalue weighted by Crippen LogP contribution is -2.21. The largest absolute Gasteiger partial charge is 0.327 e. The first-order valence-electron chi connectivity index (χ1n) is 6.73. The molecular formula is C16H19ClN2S. The quantitative estimate of drug-likeness (QED) is 0.885. The van der Waals surface area contributed by atoms with Crippen molar-refractivity contribution >= 4 is 23.4 Å². The maximum atomic E-state index is 6.00. The number of hydrogen-bond donors (Lipinski definition) is 1. The third kappa shape index (κ3) is 4.23. The van der Waals surface area contributed by atoms with Crippen molar-refractivity contribution in [3.05, 3.63) is 52.7 Å². The van der Waals surface area contributed by atoms with Crippen LogP contribution < -0.4 is 5.73 Å². The van der Waals surface area contributed by atoms with Crippen molar-refractivity contribution in [1.29, 1.82) is 0 Å². The van der Waals surface area contributed by atoms with Gasteiger partial charge in [0.1, 0.15) is 5.03 Å². The Bertz CT molecular complexity index is 569. The lowest BCUT2D eigenvalue weighted by molar-refractivity contribution is 0.646. The fourth-order valence-electron chi connectivity index (χ4n) is 1.94. The number of nitrogens with two attached hydrogens (primary N) is 1. The molecule has 1 heterocycles. The summed E-state index contributed by atoms with van der Waals surface area (Å²) in [5.41, 5.74) is 8.56. The number of nitrogens with zero attached hydrogens (tertiary/aromatic N) is 1. The van der Waals surface area contributed by atoms with Crippen LogP contribution >= 0.6 is 23.4 Å². The van der Waals surface area contributed by atoms with E-state index in [4.69, 9.17) is 17.3 Å². The van der Waals surface area contributed by atoms with E-state index in [1.807, 2.05) is 12.1 Å². The molecule has 20 heavy (non-hydrogen) atoms. The number of benzene rings is 1. The Morgan fingerprint density at radius 2 is 2.10 bits per heavy atom. The van der Waals surface area contributed by atoms with E-state index in [0.717, 1.165) is 17.9 Å². The van der Waals surface area contributed by atoms with Gasteiger partial charge in [0.2, 0.25) is 0 Å². The highest BCUT2D eigenvalue weighted by Gasteiger charge is 2.06. The highest BCUT2D eigenvalue weighted by molar-refractivity contribution is 7.99. The van der Waals surface area contributed by atoms with Gasteiger partial charge in [0.25, 0.3) is 0 Å². The molecule has 0 fully saturated rings. The van der Waals surface area contributed by atoms with E-state index in [-0.39, 0.29) is 6.04 Å². The molecule has 0 radical (unpaired) electrons. The zero-order valence-electron chi connectivity index (χ0n) is 11.8. The Morgan fingerprint density at radius 3 is 2.70 bits per heavy atom. The van der Waals surface area contributed by atoms with Crippen molar-refractivity contribution < 1.29 is 0 Å². The Hall–Kier alpha value is -1.03. The van der Waals surface area contributed by atoms with Crippen molar-refractivity contribution in [2.45, 2.75) is 42.7 Å². The predicted molar refractivity (Wildman–Crippen MR) is 86.5 cm³/mol. The van der Waals surface area contributed by atoms with Crippen LogP contribution in [0.5, 0.6) is 0 Å². The molecule has 0 saturated heterocycles. The summed E-state index contributed by atoms with van der Waals surface area (Å²) in [6.07, 6.45) is 3.61. The maximum Gasteiger partial charge on any atom is 0.101 e. The van der Waals surface area contributed by atoms with E-state index in [2.05, 4.69) is 37.0 Å². The average molecular weight is 307 g/mol. The van der Waals surface area contributed by atoms with E-state index in [9.17, 15) is 0 Å². The molecule has 2 N–H and O–H groups in total. The van der Waals surface area contributed by atoms with E-state index in [0.29, 0.717) is 5.02 Å². The Labute approximate surface area is 129 Å². The summed E-state index contributed by atoms with van der Waals surface area (Å²) < 4.78 is 0. The molecule has 106 valence electrons. The zero-order valence-corrected chi connectivity index (χ0v) is 13.3. The minimum absolute atomic E-state index is 0.242. The SMILES string of the molecule is CCC(N)Cc1ccc(Sc2ccc(Cl)cn2)c(C)c1. The van der Waals surface area contributed by atoms with Crippen LogP contribution in [-0.4, -0.2) is 11.0 Å². The molecule has 0 amide bonds. The molecule has 1 unspecified atom stereocenters. The van der Waals surface area contributed by atoms with Gasteiger partial charge >= 0.3 is 0 Å².